The molecule has 534 valence electrons. The highest BCUT2D eigenvalue weighted by atomic mass is 79.9. The van der Waals surface area contributed by atoms with Gasteiger partial charge in [0.15, 0.2) is 16.6 Å². The van der Waals surface area contributed by atoms with Crippen LogP contribution >= 0.6 is 47.8 Å². The Hall–Kier alpha value is -4.48. The molecule has 3 aliphatic heterocycles. The highest BCUT2D eigenvalue weighted by Gasteiger charge is 2.64. The minimum absolute atomic E-state index is 0.0381. The first-order valence-corrected chi connectivity index (χ1v) is 39.9. The van der Waals surface area contributed by atoms with Crippen LogP contribution in [0.25, 0.3) is 0 Å². The van der Waals surface area contributed by atoms with Gasteiger partial charge in [-0.05, 0) is 187 Å². The third-order valence-electron chi connectivity index (χ3n) is 18.4. The topological polar surface area (TPSA) is 303 Å². The van der Waals surface area contributed by atoms with Crippen LogP contribution in [0, 0.1) is 46.3 Å². The van der Waals surface area contributed by atoms with Crippen molar-refractivity contribution in [3.63, 3.8) is 0 Å². The molecule has 3 aliphatic rings. The average Bonchev–Trinajstić information content (AvgIpc) is 1.60. The van der Waals surface area contributed by atoms with E-state index in [9.17, 15) is 44.8 Å². The van der Waals surface area contributed by atoms with Crippen molar-refractivity contribution in [3.8, 4) is 0 Å². The third kappa shape index (κ3) is 24.4. The SMILES string of the molecule is CC(C)(C)[Si](C)(C)OCCCNc1cc(Br)ccc1[N+](=O)[O-].CC1(C)OB(B2OC(C)(C)C(C)(C)O2)OC1(C)C.CC1(C)OB(c2ccc([N+](=O)[O-])c(NCCCO[Si](C)(C)C(C)(C)C)c2)OC1(C)C.O=[N+]([O-])c1ccc(Br)cc1F.O=[N+]([O-])c1ccc(Br)cc1NCCCO. The van der Waals surface area contributed by atoms with Crippen molar-refractivity contribution in [1.82, 2.24) is 0 Å². The Bertz CT molecular complexity index is 3210. The van der Waals surface area contributed by atoms with Crippen molar-refractivity contribution in [2.75, 3.05) is 55.4 Å². The van der Waals surface area contributed by atoms with Crippen LogP contribution < -0.4 is 21.4 Å². The van der Waals surface area contributed by atoms with Gasteiger partial charge >= 0.3 is 26.8 Å². The molecule has 4 N–H and O–H groups in total. The maximum absolute atomic E-state index is 12.6. The highest BCUT2D eigenvalue weighted by molar-refractivity contribution is 9.11. The summed E-state index contributed by atoms with van der Waals surface area (Å²) in [5, 5.41) is 61.4. The highest BCUT2D eigenvalue weighted by Crippen LogP contribution is 2.44. The first-order chi connectivity index (χ1) is 43.8. The molecule has 0 radical (unpaired) electrons. The van der Waals surface area contributed by atoms with Crippen molar-refractivity contribution in [2.24, 2.45) is 0 Å². The molecule has 4 aromatic rings. The van der Waals surface area contributed by atoms with Gasteiger partial charge in [0, 0.05) is 77.1 Å². The van der Waals surface area contributed by atoms with Crippen LogP contribution in [0.2, 0.25) is 36.3 Å². The Balaban J connectivity index is 0.000000325. The van der Waals surface area contributed by atoms with E-state index in [-0.39, 0.29) is 66.0 Å². The van der Waals surface area contributed by atoms with Gasteiger partial charge in [0.25, 0.3) is 17.1 Å². The summed E-state index contributed by atoms with van der Waals surface area (Å²) in [7, 11) is -5.01. The Morgan fingerprint density at radius 1 is 0.469 bits per heavy atom. The lowest BCUT2D eigenvalue weighted by molar-refractivity contribution is -0.387. The molecular formula is C63H100B3Br3FN7O17Si2. The van der Waals surface area contributed by atoms with E-state index in [4.69, 9.17) is 41.9 Å². The van der Waals surface area contributed by atoms with Crippen LogP contribution in [0.4, 0.5) is 44.2 Å². The lowest BCUT2D eigenvalue weighted by Gasteiger charge is -2.36. The number of hydrogen-bond donors (Lipinski definition) is 4. The molecule has 0 spiro atoms. The van der Waals surface area contributed by atoms with E-state index in [1.807, 2.05) is 83.1 Å². The van der Waals surface area contributed by atoms with Crippen LogP contribution in [0.15, 0.2) is 86.2 Å². The number of hydrogen-bond acceptors (Lipinski definition) is 20. The zero-order valence-electron chi connectivity index (χ0n) is 59.8. The molecule has 0 aliphatic carbocycles. The summed E-state index contributed by atoms with van der Waals surface area (Å²) in [6.45, 7) is 49.4. The maximum Gasteiger partial charge on any atom is 0.494 e. The van der Waals surface area contributed by atoms with Crippen molar-refractivity contribution in [2.45, 2.75) is 214 Å². The predicted octanol–water partition coefficient (Wildman–Crippen LogP) is 16.8. The fraction of sp³-hybridized carbons (Fsp3) is 0.619. The van der Waals surface area contributed by atoms with Crippen molar-refractivity contribution in [1.29, 1.82) is 0 Å². The molecule has 0 atom stereocenters. The van der Waals surface area contributed by atoms with E-state index in [1.165, 1.54) is 24.3 Å². The Morgan fingerprint density at radius 2 is 0.750 bits per heavy atom. The molecule has 0 unspecified atom stereocenters. The molecular weight excluding hydrogens is 1470 g/mol. The second-order valence-corrected chi connectivity index (χ2v) is 41.7. The number of nitro groups is 4. The number of nitrogens with zero attached hydrogens (tertiary/aromatic N) is 4. The first kappa shape index (κ1) is 85.7. The molecule has 33 heteroatoms. The van der Waals surface area contributed by atoms with Crippen LogP contribution in [0.1, 0.15) is 144 Å². The normalized spacial score (nSPS) is 17.3. The lowest BCUT2D eigenvalue weighted by Crippen LogP contribution is -2.41. The molecule has 3 fully saturated rings. The summed E-state index contributed by atoms with van der Waals surface area (Å²) in [6.07, 6.45) is 2.14. The first-order valence-electron chi connectivity index (χ1n) is 31.7. The van der Waals surface area contributed by atoms with Crippen molar-refractivity contribution in [3.05, 3.63) is 132 Å². The van der Waals surface area contributed by atoms with Gasteiger partial charge < -0.3 is 57.8 Å². The van der Waals surface area contributed by atoms with Gasteiger partial charge in [0.05, 0.1) is 53.3 Å². The lowest BCUT2D eigenvalue weighted by atomic mass is 9.49. The smallest absolute Gasteiger partial charge is 0.417 e. The van der Waals surface area contributed by atoms with E-state index in [1.54, 1.807) is 36.4 Å². The fourth-order valence-electron chi connectivity index (χ4n) is 8.21. The van der Waals surface area contributed by atoms with E-state index >= 15 is 0 Å². The zero-order valence-corrected chi connectivity index (χ0v) is 66.6. The summed E-state index contributed by atoms with van der Waals surface area (Å²) >= 11 is 9.56. The van der Waals surface area contributed by atoms with Gasteiger partial charge in [-0.1, -0.05) is 95.4 Å². The Morgan fingerprint density at radius 3 is 1.05 bits per heavy atom. The van der Waals surface area contributed by atoms with Gasteiger partial charge in [-0.15, -0.1) is 0 Å². The van der Waals surface area contributed by atoms with Crippen molar-refractivity contribution < 1.29 is 66.0 Å². The summed E-state index contributed by atoms with van der Waals surface area (Å²) in [4.78, 5) is 41.3. The van der Waals surface area contributed by atoms with Gasteiger partial charge in [-0.25, -0.2) is 0 Å². The number of nitro benzene ring substituents is 4. The average molecular weight is 1570 g/mol. The van der Waals surface area contributed by atoms with Crippen LogP contribution in [-0.2, 0) is 36.8 Å². The molecule has 3 saturated heterocycles. The molecule has 24 nitrogen and oxygen atoms in total. The van der Waals surface area contributed by atoms with Gasteiger partial charge in [-0.2, -0.15) is 4.39 Å². The molecule has 0 aromatic heterocycles. The monoisotopic (exact) mass is 1570 g/mol. The molecule has 0 amide bonds. The number of halogens is 4. The number of aliphatic hydroxyl groups excluding tert-OH is 1. The van der Waals surface area contributed by atoms with Gasteiger partial charge in [0.1, 0.15) is 17.1 Å². The minimum atomic E-state index is -1.79. The standard InChI is InChI=1S/C21H37BN2O5Si.C15H25BrN2O3Si.C12H24B2O4.C9H11BrN2O3.C6H3BrFNO2/c1-19(2,3)30(8,9)27-14-10-13-23-17-15-16(11-12-18(17)24(25)26)22-28-20(4,5)21(6,7)29-22;1-15(2,3)22(4,5)21-10-6-9-17-13-11-12(16)7-8-14(13)18(19)20;1-9(2)10(3,4)16-13(15-9)14-17-11(5,6)12(7,8)18-14;10-7-2-3-9(12(14)15)8(6-7)11-4-1-5-13;7-4-1-2-6(9(10)11)5(8)3-4/h11-12,15,23H,10,13-14H2,1-9H3;7-8,11,17H,6,9-10H2,1-5H3;1-8H3;2-3,6,11,13H,1,4-5H2;1-3H. The number of anilines is 3. The number of rotatable bonds is 22. The Labute approximate surface area is 594 Å². The summed E-state index contributed by atoms with van der Waals surface area (Å²) in [5.41, 5.74) is -0.473. The van der Waals surface area contributed by atoms with E-state index < -0.39 is 70.3 Å². The predicted molar refractivity (Wildman–Crippen MR) is 396 cm³/mol. The number of nitrogens with one attached hydrogen (secondary N) is 3. The summed E-state index contributed by atoms with van der Waals surface area (Å²) < 4.78 is 63.0. The number of benzene rings is 4. The quantitative estimate of drug-likeness (QED) is 0.0246. The third-order valence-corrected chi connectivity index (χ3v) is 28.9. The Kier molecular flexibility index (Phi) is 31.0. The van der Waals surface area contributed by atoms with Gasteiger partial charge in [-0.3, -0.25) is 40.5 Å². The molecule has 4 aromatic carbocycles. The fourth-order valence-corrected chi connectivity index (χ4v) is 11.4. The minimum Gasteiger partial charge on any atom is -0.417 e. The molecule has 3 heterocycles. The maximum atomic E-state index is 12.6. The molecule has 7 rings (SSSR count). The second-order valence-electron chi connectivity index (χ2n) is 29.3. The molecule has 96 heavy (non-hydrogen) atoms. The summed E-state index contributed by atoms with van der Waals surface area (Å²) in [5.74, 6) is -0.829. The van der Waals surface area contributed by atoms with Crippen LogP contribution in [-0.4, -0.2) is 136 Å². The summed E-state index contributed by atoms with van der Waals surface area (Å²) in [6, 6.07) is 18.2. The molecule has 0 bridgehead atoms. The van der Waals surface area contributed by atoms with Crippen LogP contribution in [0.3, 0.4) is 0 Å². The van der Waals surface area contributed by atoms with E-state index in [2.05, 4.69) is 131 Å². The molecule has 0 saturated carbocycles. The van der Waals surface area contributed by atoms with E-state index in [0.717, 1.165) is 39.4 Å². The number of aliphatic hydroxyl groups is 1. The van der Waals surface area contributed by atoms with Gasteiger partial charge in [0.2, 0.25) is 5.82 Å². The van der Waals surface area contributed by atoms with E-state index in [0.29, 0.717) is 60.8 Å². The largest absolute Gasteiger partial charge is 0.494 e. The zero-order chi connectivity index (χ0) is 73.6. The van der Waals surface area contributed by atoms with Crippen LogP contribution in [0.5, 0.6) is 0 Å². The van der Waals surface area contributed by atoms with Crippen molar-refractivity contribution >= 4 is 131 Å². The second kappa shape index (κ2) is 34.7.